The number of hydrogen-bond donors (Lipinski definition) is 0. The number of ether oxygens (including phenoxy) is 4. The fourth-order valence-corrected chi connectivity index (χ4v) is 2.04. The third kappa shape index (κ3) is 5.68. The van der Waals surface area contributed by atoms with Gasteiger partial charge in [0, 0.05) is 0 Å². The predicted molar refractivity (Wildman–Crippen MR) is 90.9 cm³/mol. The fraction of sp³-hybridized carbons (Fsp3) is 0.263. The van der Waals surface area contributed by atoms with Crippen molar-refractivity contribution in [2.45, 2.75) is 0 Å². The second kappa shape index (κ2) is 9.54. The van der Waals surface area contributed by atoms with E-state index in [-0.39, 0.29) is 0 Å². The molecular weight excluding hydrogens is 292 g/mol. The molecule has 0 unspecified atom stereocenters. The Bertz CT molecular complexity index is 575. The first-order valence-electron chi connectivity index (χ1n) is 7.51. The topological polar surface area (TPSA) is 36.9 Å². The van der Waals surface area contributed by atoms with Gasteiger partial charge in [0.15, 0.2) is 0 Å². The van der Waals surface area contributed by atoms with Gasteiger partial charge in [0.1, 0.15) is 24.7 Å². The highest BCUT2D eigenvalue weighted by Gasteiger charge is 2.00. The molecule has 0 aromatic heterocycles. The van der Waals surface area contributed by atoms with Crippen molar-refractivity contribution in [3.63, 3.8) is 0 Å². The molecule has 4 nitrogen and oxygen atoms in total. The molecule has 0 radical (unpaired) electrons. The summed E-state index contributed by atoms with van der Waals surface area (Å²) in [5, 5.41) is 0. The van der Waals surface area contributed by atoms with Crippen molar-refractivity contribution in [1.82, 2.24) is 0 Å². The molecule has 0 spiro atoms. The van der Waals surface area contributed by atoms with E-state index in [0.29, 0.717) is 26.4 Å². The summed E-state index contributed by atoms with van der Waals surface area (Å²) in [6.07, 6.45) is 1.41. The predicted octanol–water partition coefficient (Wildman–Crippen LogP) is 3.92. The van der Waals surface area contributed by atoms with Crippen LogP contribution in [0, 0.1) is 0 Å². The molecule has 0 heterocycles. The van der Waals surface area contributed by atoms with Gasteiger partial charge in [-0.3, -0.25) is 0 Å². The first kappa shape index (κ1) is 16.9. The van der Waals surface area contributed by atoms with E-state index in [1.807, 2.05) is 48.5 Å². The van der Waals surface area contributed by atoms with E-state index in [0.717, 1.165) is 22.6 Å². The highest BCUT2D eigenvalue weighted by molar-refractivity contribution is 5.64. The van der Waals surface area contributed by atoms with Crippen molar-refractivity contribution < 1.29 is 18.9 Å². The molecule has 0 amide bonds. The summed E-state index contributed by atoms with van der Waals surface area (Å²) in [5.41, 5.74) is 2.28. The number of benzene rings is 2. The summed E-state index contributed by atoms with van der Waals surface area (Å²) >= 11 is 0. The third-order valence-electron chi connectivity index (χ3n) is 3.24. The molecule has 2 rings (SSSR count). The maximum absolute atomic E-state index is 5.63. The molecule has 0 fully saturated rings. The Morgan fingerprint density at radius 2 is 1.35 bits per heavy atom. The van der Waals surface area contributed by atoms with Crippen LogP contribution in [0.3, 0.4) is 0 Å². The zero-order valence-electron chi connectivity index (χ0n) is 13.4. The molecular formula is C19H22O4. The van der Waals surface area contributed by atoms with Crippen molar-refractivity contribution in [3.8, 4) is 22.6 Å². The van der Waals surface area contributed by atoms with E-state index < -0.39 is 0 Å². The Balaban J connectivity index is 1.76. The van der Waals surface area contributed by atoms with E-state index in [1.54, 1.807) is 7.11 Å². The van der Waals surface area contributed by atoms with Gasteiger partial charge in [0.25, 0.3) is 0 Å². The lowest BCUT2D eigenvalue weighted by Crippen LogP contribution is -2.09. The molecule has 0 saturated heterocycles. The maximum Gasteiger partial charge on any atom is 0.119 e. The number of hydrogen-bond acceptors (Lipinski definition) is 4. The molecule has 0 bridgehead atoms. The minimum absolute atomic E-state index is 0.510. The molecule has 0 aliphatic rings. The molecule has 0 N–H and O–H groups in total. The van der Waals surface area contributed by atoms with E-state index in [9.17, 15) is 0 Å². The SMILES string of the molecule is C=COCCOCCOc1ccc(-c2ccc(OC)cc2)cc1. The molecule has 2 aromatic carbocycles. The van der Waals surface area contributed by atoms with Crippen LogP contribution in [0.25, 0.3) is 11.1 Å². The van der Waals surface area contributed by atoms with Crippen LogP contribution in [0.15, 0.2) is 61.4 Å². The summed E-state index contributed by atoms with van der Waals surface area (Å²) in [4.78, 5) is 0. The largest absolute Gasteiger partial charge is 0.499 e. The quantitative estimate of drug-likeness (QED) is 0.492. The summed E-state index contributed by atoms with van der Waals surface area (Å²) in [5.74, 6) is 1.68. The first-order chi connectivity index (χ1) is 11.3. The zero-order valence-corrected chi connectivity index (χ0v) is 13.4. The lowest BCUT2D eigenvalue weighted by molar-refractivity contribution is 0.0654. The first-order valence-corrected chi connectivity index (χ1v) is 7.51. The van der Waals surface area contributed by atoms with Crippen LogP contribution in [0.2, 0.25) is 0 Å². The number of methoxy groups -OCH3 is 1. The van der Waals surface area contributed by atoms with Gasteiger partial charge in [-0.1, -0.05) is 30.8 Å². The van der Waals surface area contributed by atoms with E-state index in [4.69, 9.17) is 18.9 Å². The second-order valence-corrected chi connectivity index (χ2v) is 4.75. The second-order valence-electron chi connectivity index (χ2n) is 4.75. The average Bonchev–Trinajstić information content (AvgIpc) is 2.61. The molecule has 0 aliphatic carbocycles. The average molecular weight is 314 g/mol. The van der Waals surface area contributed by atoms with E-state index >= 15 is 0 Å². The van der Waals surface area contributed by atoms with E-state index in [1.165, 1.54) is 6.26 Å². The van der Waals surface area contributed by atoms with Crippen LogP contribution in [0.1, 0.15) is 0 Å². The Labute approximate surface area is 137 Å². The minimum atomic E-state index is 0.510. The lowest BCUT2D eigenvalue weighted by atomic mass is 10.1. The Kier molecular flexibility index (Phi) is 7.01. The summed E-state index contributed by atoms with van der Waals surface area (Å²) in [6, 6.07) is 16.0. The van der Waals surface area contributed by atoms with Crippen LogP contribution in [0.4, 0.5) is 0 Å². The monoisotopic (exact) mass is 314 g/mol. The molecule has 0 atom stereocenters. The summed E-state index contributed by atoms with van der Waals surface area (Å²) in [7, 11) is 1.66. The molecule has 23 heavy (non-hydrogen) atoms. The summed E-state index contributed by atoms with van der Waals surface area (Å²) in [6.45, 7) is 5.55. The van der Waals surface area contributed by atoms with E-state index in [2.05, 4.69) is 6.58 Å². The molecule has 0 aliphatic heterocycles. The highest BCUT2D eigenvalue weighted by Crippen LogP contribution is 2.24. The van der Waals surface area contributed by atoms with Gasteiger partial charge in [0.2, 0.25) is 0 Å². The van der Waals surface area contributed by atoms with Crippen LogP contribution < -0.4 is 9.47 Å². The number of rotatable bonds is 10. The van der Waals surface area contributed by atoms with Crippen molar-refractivity contribution in [2.24, 2.45) is 0 Å². The standard InChI is InChI=1S/C19H22O4/c1-3-21-12-13-22-14-15-23-19-10-6-17(7-11-19)16-4-8-18(20-2)9-5-16/h3-11H,1,12-15H2,2H3. The Morgan fingerprint density at radius 3 is 1.91 bits per heavy atom. The van der Waals surface area contributed by atoms with Crippen LogP contribution in [-0.2, 0) is 9.47 Å². The molecule has 0 saturated carbocycles. The van der Waals surface area contributed by atoms with Crippen LogP contribution in [-0.4, -0.2) is 33.5 Å². The van der Waals surface area contributed by atoms with Crippen LogP contribution in [0.5, 0.6) is 11.5 Å². The van der Waals surface area contributed by atoms with Crippen molar-refractivity contribution in [2.75, 3.05) is 33.5 Å². The van der Waals surface area contributed by atoms with Gasteiger partial charge in [-0.2, -0.15) is 0 Å². The Morgan fingerprint density at radius 1 is 0.783 bits per heavy atom. The van der Waals surface area contributed by atoms with Gasteiger partial charge in [-0.25, -0.2) is 0 Å². The van der Waals surface area contributed by atoms with Crippen LogP contribution >= 0.6 is 0 Å². The van der Waals surface area contributed by atoms with Gasteiger partial charge in [-0.15, -0.1) is 0 Å². The smallest absolute Gasteiger partial charge is 0.119 e. The van der Waals surface area contributed by atoms with Crippen molar-refractivity contribution >= 4 is 0 Å². The fourth-order valence-electron chi connectivity index (χ4n) is 2.04. The van der Waals surface area contributed by atoms with Crippen molar-refractivity contribution in [3.05, 3.63) is 61.4 Å². The molecule has 2 aromatic rings. The molecule has 122 valence electrons. The van der Waals surface area contributed by atoms with Gasteiger partial charge >= 0.3 is 0 Å². The highest BCUT2D eigenvalue weighted by atomic mass is 16.5. The van der Waals surface area contributed by atoms with Crippen molar-refractivity contribution in [1.29, 1.82) is 0 Å². The lowest BCUT2D eigenvalue weighted by Gasteiger charge is -2.08. The minimum Gasteiger partial charge on any atom is -0.499 e. The summed E-state index contributed by atoms with van der Waals surface area (Å²) < 4.78 is 21.1. The van der Waals surface area contributed by atoms with Gasteiger partial charge in [0.05, 0.1) is 26.6 Å². The Hall–Kier alpha value is -2.46. The van der Waals surface area contributed by atoms with Gasteiger partial charge in [-0.05, 0) is 35.4 Å². The van der Waals surface area contributed by atoms with Gasteiger partial charge < -0.3 is 18.9 Å². The normalized spacial score (nSPS) is 10.1. The maximum atomic E-state index is 5.63. The third-order valence-corrected chi connectivity index (χ3v) is 3.24. The zero-order chi connectivity index (χ0) is 16.3. The molecule has 4 heteroatoms.